The third-order valence-electron chi connectivity index (χ3n) is 5.83. The summed E-state index contributed by atoms with van der Waals surface area (Å²) in [5.74, 6) is 4.50. The molecule has 3 aromatic rings. The fourth-order valence-electron chi connectivity index (χ4n) is 3.81. The molecule has 188 valence electrons. The standard InChI is InChI=1S/C27H27F2N3O3S/c1-19-7-9-21(10-8-19)5-3-4-6-26-34-14-23(15-35-26)36-20(2)27(33,16-32-18-30-17-31-32)24-12-11-22(28)13-25(24)29/h4,6-13,17-18,20,23,26,33H,14-16H2,1-2H3/b6-4+/t20-,23?,26?,27-/m1/s1. The first-order chi connectivity index (χ1) is 17.3. The summed E-state index contributed by atoms with van der Waals surface area (Å²) in [6, 6.07) is 11.1. The van der Waals surface area contributed by atoms with Crippen molar-refractivity contribution in [1.82, 2.24) is 14.8 Å². The van der Waals surface area contributed by atoms with Crippen LogP contribution in [-0.2, 0) is 21.6 Å². The van der Waals surface area contributed by atoms with Gasteiger partial charge in [0.25, 0.3) is 0 Å². The van der Waals surface area contributed by atoms with Gasteiger partial charge in [-0.15, -0.1) is 11.8 Å². The van der Waals surface area contributed by atoms with E-state index in [1.807, 2.05) is 31.2 Å². The molecule has 2 atom stereocenters. The molecule has 0 bridgehead atoms. The highest BCUT2D eigenvalue weighted by Gasteiger charge is 2.41. The zero-order valence-electron chi connectivity index (χ0n) is 20.0. The molecule has 6 nitrogen and oxygen atoms in total. The van der Waals surface area contributed by atoms with Gasteiger partial charge in [-0.1, -0.05) is 42.5 Å². The van der Waals surface area contributed by atoms with Crippen molar-refractivity contribution in [1.29, 1.82) is 0 Å². The predicted molar refractivity (Wildman–Crippen MR) is 134 cm³/mol. The molecule has 2 heterocycles. The van der Waals surface area contributed by atoms with Crippen molar-refractivity contribution in [2.24, 2.45) is 0 Å². The first kappa shape index (κ1) is 26.0. The number of hydrogen-bond donors (Lipinski definition) is 1. The number of aryl methyl sites for hydroxylation is 1. The van der Waals surface area contributed by atoms with Gasteiger partial charge in [0.05, 0.1) is 25.0 Å². The van der Waals surface area contributed by atoms with E-state index in [9.17, 15) is 13.9 Å². The van der Waals surface area contributed by atoms with Crippen molar-refractivity contribution >= 4 is 11.8 Å². The second-order valence-corrected chi connectivity index (χ2v) is 10.2. The van der Waals surface area contributed by atoms with E-state index < -0.39 is 28.8 Å². The fraction of sp³-hybridized carbons (Fsp3) is 0.333. The van der Waals surface area contributed by atoms with Crippen LogP contribution < -0.4 is 0 Å². The molecule has 1 aromatic heterocycles. The minimum absolute atomic E-state index is 0.00925. The largest absolute Gasteiger partial charge is 0.382 e. The topological polar surface area (TPSA) is 69.4 Å². The Hall–Kier alpha value is -3.03. The Labute approximate surface area is 213 Å². The second kappa shape index (κ2) is 11.8. The van der Waals surface area contributed by atoms with E-state index in [0.29, 0.717) is 13.2 Å². The Morgan fingerprint density at radius 1 is 1.22 bits per heavy atom. The number of allylic oxidation sites excluding steroid dienone is 1. The van der Waals surface area contributed by atoms with E-state index in [2.05, 4.69) is 21.9 Å². The van der Waals surface area contributed by atoms with Crippen molar-refractivity contribution < 1.29 is 23.4 Å². The number of aliphatic hydroxyl groups is 1. The van der Waals surface area contributed by atoms with Gasteiger partial charge in [-0.05, 0) is 37.3 Å². The van der Waals surface area contributed by atoms with E-state index in [-0.39, 0.29) is 17.4 Å². The maximum Gasteiger partial charge on any atom is 0.177 e. The smallest absolute Gasteiger partial charge is 0.177 e. The maximum atomic E-state index is 14.7. The lowest BCUT2D eigenvalue weighted by Crippen LogP contribution is -2.43. The molecule has 2 aromatic carbocycles. The van der Waals surface area contributed by atoms with Crippen LogP contribution in [-0.4, -0.2) is 49.9 Å². The molecular weight excluding hydrogens is 484 g/mol. The Kier molecular flexibility index (Phi) is 8.54. The van der Waals surface area contributed by atoms with Crippen molar-refractivity contribution in [3.8, 4) is 11.8 Å². The summed E-state index contributed by atoms with van der Waals surface area (Å²) in [7, 11) is 0. The molecule has 1 N–H and O–H groups in total. The first-order valence-electron chi connectivity index (χ1n) is 11.5. The summed E-state index contributed by atoms with van der Waals surface area (Å²) in [5, 5.41) is 15.1. The van der Waals surface area contributed by atoms with Gasteiger partial charge in [0, 0.05) is 22.4 Å². The van der Waals surface area contributed by atoms with Crippen LogP contribution in [0.5, 0.6) is 0 Å². The van der Waals surface area contributed by atoms with Crippen LogP contribution in [0.3, 0.4) is 0 Å². The number of halogens is 2. The normalized spacial score (nSPS) is 20.5. The Balaban J connectivity index is 1.37. The van der Waals surface area contributed by atoms with Crippen LogP contribution in [0.1, 0.15) is 23.6 Å². The predicted octanol–water partition coefficient (Wildman–Crippen LogP) is 4.22. The van der Waals surface area contributed by atoms with Crippen molar-refractivity contribution in [3.05, 3.63) is 95.6 Å². The fourth-order valence-corrected chi connectivity index (χ4v) is 5.13. The molecule has 9 heteroatoms. The molecule has 1 saturated heterocycles. The molecule has 0 unspecified atom stereocenters. The lowest BCUT2D eigenvalue weighted by Gasteiger charge is -2.37. The second-order valence-electron chi connectivity index (χ2n) is 8.57. The number of aromatic nitrogens is 3. The SMILES string of the molecule is Cc1ccc(C#C/C=C/C2OCC(S[C@H](C)[C@](O)(Cn3cncn3)c3ccc(F)cc3F)CO2)cc1. The molecule has 0 saturated carbocycles. The van der Waals surface area contributed by atoms with Crippen molar-refractivity contribution in [2.75, 3.05) is 13.2 Å². The maximum absolute atomic E-state index is 14.7. The minimum atomic E-state index is -1.68. The quantitative estimate of drug-likeness (QED) is 0.479. The third-order valence-corrected chi connectivity index (χ3v) is 7.29. The van der Waals surface area contributed by atoms with Gasteiger partial charge in [0.1, 0.15) is 29.9 Å². The van der Waals surface area contributed by atoms with E-state index in [1.54, 1.807) is 19.1 Å². The van der Waals surface area contributed by atoms with E-state index in [1.165, 1.54) is 40.7 Å². The Morgan fingerprint density at radius 2 is 1.97 bits per heavy atom. The molecule has 0 radical (unpaired) electrons. The van der Waals surface area contributed by atoms with Crippen LogP contribution in [0.4, 0.5) is 8.78 Å². The lowest BCUT2D eigenvalue weighted by atomic mass is 9.90. The van der Waals surface area contributed by atoms with Gasteiger partial charge < -0.3 is 14.6 Å². The molecule has 4 rings (SSSR count). The van der Waals surface area contributed by atoms with Gasteiger partial charge in [0.15, 0.2) is 6.29 Å². The monoisotopic (exact) mass is 511 g/mol. The first-order valence-corrected chi connectivity index (χ1v) is 12.4. The van der Waals surface area contributed by atoms with Crippen LogP contribution in [0.15, 0.2) is 67.3 Å². The van der Waals surface area contributed by atoms with Crippen LogP contribution in [0.2, 0.25) is 0 Å². The highest BCUT2D eigenvalue weighted by atomic mass is 32.2. The average molecular weight is 512 g/mol. The summed E-state index contributed by atoms with van der Waals surface area (Å²) in [6.07, 6.45) is 5.71. The molecule has 1 aliphatic heterocycles. The number of ether oxygens (including phenoxy) is 2. The van der Waals surface area contributed by atoms with Gasteiger partial charge in [0.2, 0.25) is 0 Å². The molecule has 0 aliphatic carbocycles. The molecule has 0 amide bonds. The molecule has 1 fully saturated rings. The van der Waals surface area contributed by atoms with Crippen LogP contribution in [0.25, 0.3) is 0 Å². The molecule has 36 heavy (non-hydrogen) atoms. The summed E-state index contributed by atoms with van der Waals surface area (Å²) in [5.41, 5.74) is 0.419. The van der Waals surface area contributed by atoms with E-state index in [0.717, 1.165) is 17.7 Å². The van der Waals surface area contributed by atoms with Crippen molar-refractivity contribution in [3.63, 3.8) is 0 Å². The highest BCUT2D eigenvalue weighted by molar-refractivity contribution is 8.00. The summed E-state index contributed by atoms with van der Waals surface area (Å²) >= 11 is 1.41. The highest BCUT2D eigenvalue weighted by Crippen LogP contribution is 2.38. The van der Waals surface area contributed by atoms with Gasteiger partial charge >= 0.3 is 0 Å². The number of thioether (sulfide) groups is 1. The Bertz CT molecular complexity index is 1230. The van der Waals surface area contributed by atoms with Gasteiger partial charge in [-0.25, -0.2) is 18.4 Å². The lowest BCUT2D eigenvalue weighted by molar-refractivity contribution is -0.146. The number of rotatable bonds is 7. The average Bonchev–Trinajstić information content (AvgIpc) is 3.36. The number of nitrogens with zero attached hydrogens (tertiary/aromatic N) is 3. The number of benzene rings is 2. The Morgan fingerprint density at radius 3 is 2.64 bits per heavy atom. The summed E-state index contributed by atoms with van der Waals surface area (Å²) in [4.78, 5) is 3.90. The molecular formula is C27H27F2N3O3S. The summed E-state index contributed by atoms with van der Waals surface area (Å²) < 4.78 is 41.3. The zero-order valence-corrected chi connectivity index (χ0v) is 20.8. The van der Waals surface area contributed by atoms with Gasteiger partial charge in [-0.2, -0.15) is 5.10 Å². The van der Waals surface area contributed by atoms with E-state index in [4.69, 9.17) is 9.47 Å². The zero-order chi connectivity index (χ0) is 25.5. The minimum Gasteiger partial charge on any atom is -0.382 e. The third kappa shape index (κ3) is 6.59. The van der Waals surface area contributed by atoms with Crippen LogP contribution >= 0.6 is 11.8 Å². The molecule has 0 spiro atoms. The number of hydrogen-bond acceptors (Lipinski definition) is 6. The van der Waals surface area contributed by atoms with E-state index >= 15 is 0 Å². The van der Waals surface area contributed by atoms with Gasteiger partial charge in [-0.3, -0.25) is 0 Å². The molecule has 1 aliphatic rings. The summed E-state index contributed by atoms with van der Waals surface area (Å²) in [6.45, 7) is 4.52. The van der Waals surface area contributed by atoms with Crippen LogP contribution in [0, 0.1) is 30.4 Å². The van der Waals surface area contributed by atoms with Crippen molar-refractivity contribution in [2.45, 2.75) is 42.8 Å².